The van der Waals surface area contributed by atoms with Crippen LogP contribution in [0.2, 0.25) is 0 Å². The largest absolute Gasteiger partial charge is 0.497 e. The van der Waals surface area contributed by atoms with Crippen molar-refractivity contribution in [3.05, 3.63) is 59.8 Å². The predicted molar refractivity (Wildman–Crippen MR) is 131 cm³/mol. The van der Waals surface area contributed by atoms with Crippen LogP contribution in [0.5, 0.6) is 11.5 Å². The van der Waals surface area contributed by atoms with Crippen molar-refractivity contribution in [2.75, 3.05) is 38.3 Å². The average molecular weight is 463 g/mol. The zero-order valence-corrected chi connectivity index (χ0v) is 19.9. The molecule has 7 heteroatoms. The fourth-order valence-electron chi connectivity index (χ4n) is 4.45. The number of anilines is 1. The molecule has 2 heterocycles. The molecule has 1 aliphatic heterocycles. The average Bonchev–Trinajstić information content (AvgIpc) is 2.88. The summed E-state index contributed by atoms with van der Waals surface area (Å²) in [6, 6.07) is 12.8. The van der Waals surface area contributed by atoms with E-state index < -0.39 is 0 Å². The summed E-state index contributed by atoms with van der Waals surface area (Å²) >= 11 is 0. The number of carbonyl (C=O) groups is 2. The first-order valence-electron chi connectivity index (χ1n) is 11.7. The van der Waals surface area contributed by atoms with Crippen LogP contribution < -0.4 is 14.4 Å². The first kappa shape index (κ1) is 23.5. The Morgan fingerprint density at radius 2 is 1.82 bits per heavy atom. The van der Waals surface area contributed by atoms with E-state index >= 15 is 0 Å². The van der Waals surface area contributed by atoms with Crippen molar-refractivity contribution in [2.24, 2.45) is 5.92 Å². The highest BCUT2D eigenvalue weighted by molar-refractivity contribution is 6.16. The van der Waals surface area contributed by atoms with Gasteiger partial charge in [0, 0.05) is 30.2 Å². The number of carbonyl (C=O) groups excluding carboxylic acids is 2. The number of benzene rings is 2. The summed E-state index contributed by atoms with van der Waals surface area (Å²) in [6.07, 6.45) is 3.23. The summed E-state index contributed by atoms with van der Waals surface area (Å²) in [7, 11) is 1.61. The smallest absolute Gasteiger partial charge is 0.310 e. The topological polar surface area (TPSA) is 78.0 Å². The van der Waals surface area contributed by atoms with Crippen LogP contribution in [0.25, 0.3) is 10.9 Å². The molecule has 34 heavy (non-hydrogen) atoms. The highest BCUT2D eigenvalue weighted by atomic mass is 16.5. The maximum atomic E-state index is 13.7. The molecular formula is C27H30N2O5. The summed E-state index contributed by atoms with van der Waals surface area (Å²) < 4.78 is 16.3. The van der Waals surface area contributed by atoms with Crippen LogP contribution in [0.3, 0.4) is 0 Å². The van der Waals surface area contributed by atoms with E-state index in [1.54, 1.807) is 37.6 Å². The molecule has 1 fully saturated rings. The van der Waals surface area contributed by atoms with Crippen LogP contribution >= 0.6 is 0 Å². The van der Waals surface area contributed by atoms with Crippen LogP contribution in [0, 0.1) is 5.92 Å². The highest BCUT2D eigenvalue weighted by Crippen LogP contribution is 2.36. The molecule has 0 N–H and O–H groups in total. The lowest BCUT2D eigenvalue weighted by Crippen LogP contribution is -2.40. The highest BCUT2D eigenvalue weighted by Gasteiger charge is 2.30. The number of ether oxygens (including phenoxy) is 3. The Kier molecular flexibility index (Phi) is 7.30. The monoisotopic (exact) mass is 462 g/mol. The lowest BCUT2D eigenvalue weighted by atomic mass is 9.94. The summed E-state index contributed by atoms with van der Waals surface area (Å²) in [6.45, 7) is 5.86. The maximum absolute atomic E-state index is 13.7. The second kappa shape index (κ2) is 10.5. The van der Waals surface area contributed by atoms with Crippen molar-refractivity contribution in [3.63, 3.8) is 0 Å². The molecule has 2 aromatic carbocycles. The molecule has 1 aromatic heterocycles. The van der Waals surface area contributed by atoms with Gasteiger partial charge in [0.25, 0.3) is 0 Å². The molecule has 4 rings (SSSR count). The van der Waals surface area contributed by atoms with Crippen LogP contribution in [-0.2, 0) is 9.53 Å². The fourth-order valence-corrected chi connectivity index (χ4v) is 4.45. The van der Waals surface area contributed by atoms with Gasteiger partial charge in [-0.3, -0.25) is 14.6 Å². The number of hydrogen-bond donors (Lipinski definition) is 0. The number of aromatic nitrogens is 1. The Morgan fingerprint density at radius 1 is 1.06 bits per heavy atom. The fraction of sp³-hybridized carbons (Fsp3) is 0.370. The van der Waals surface area contributed by atoms with Crippen molar-refractivity contribution < 1.29 is 23.8 Å². The van der Waals surface area contributed by atoms with Crippen molar-refractivity contribution in [3.8, 4) is 11.5 Å². The Morgan fingerprint density at radius 3 is 2.53 bits per heavy atom. The quantitative estimate of drug-likeness (QED) is 0.356. The Labute approximate surface area is 199 Å². The Hall–Kier alpha value is -3.61. The van der Waals surface area contributed by atoms with Crippen molar-refractivity contribution in [2.45, 2.75) is 26.7 Å². The lowest BCUT2D eigenvalue weighted by molar-refractivity contribution is -0.148. The third kappa shape index (κ3) is 4.83. The van der Waals surface area contributed by atoms with Gasteiger partial charge in [0.1, 0.15) is 11.5 Å². The number of nitrogens with zero attached hydrogens (tertiary/aromatic N) is 2. The van der Waals surface area contributed by atoms with Gasteiger partial charge in [-0.15, -0.1) is 0 Å². The number of fused-ring (bicyclic) bond motifs is 1. The summed E-state index contributed by atoms with van der Waals surface area (Å²) in [5.74, 6) is 0.834. The zero-order valence-electron chi connectivity index (χ0n) is 19.9. The SMILES string of the molecule is CCOC(=O)[C@@H]1CCCN(c2c(C(=O)c3ccc(OCC)cc3)cnc3ccc(OC)cc23)C1. The van der Waals surface area contributed by atoms with E-state index in [1.165, 1.54) is 0 Å². The molecule has 1 atom stereocenters. The number of hydrogen-bond acceptors (Lipinski definition) is 7. The van der Waals surface area contributed by atoms with E-state index in [0.29, 0.717) is 42.4 Å². The van der Waals surface area contributed by atoms with E-state index in [2.05, 4.69) is 9.88 Å². The van der Waals surface area contributed by atoms with Crippen molar-refractivity contribution in [1.82, 2.24) is 4.98 Å². The first-order chi connectivity index (χ1) is 16.5. The number of methoxy groups -OCH3 is 1. The molecule has 0 amide bonds. The molecule has 0 saturated carbocycles. The number of piperidine rings is 1. The molecule has 0 radical (unpaired) electrons. The van der Waals surface area contributed by atoms with Crippen molar-refractivity contribution >= 4 is 28.3 Å². The van der Waals surface area contributed by atoms with Gasteiger partial charge in [-0.2, -0.15) is 0 Å². The lowest BCUT2D eigenvalue weighted by Gasteiger charge is -2.35. The number of ketones is 1. The van der Waals surface area contributed by atoms with E-state index in [0.717, 1.165) is 36.0 Å². The molecule has 0 aliphatic carbocycles. The molecule has 7 nitrogen and oxygen atoms in total. The minimum atomic E-state index is -0.240. The minimum absolute atomic E-state index is 0.131. The van der Waals surface area contributed by atoms with Crippen molar-refractivity contribution in [1.29, 1.82) is 0 Å². The van der Waals surface area contributed by atoms with Gasteiger partial charge in [-0.25, -0.2) is 0 Å². The van der Waals surface area contributed by atoms with Gasteiger partial charge >= 0.3 is 5.97 Å². The molecular weight excluding hydrogens is 432 g/mol. The summed E-state index contributed by atoms with van der Waals surface area (Å²) in [4.78, 5) is 32.9. The minimum Gasteiger partial charge on any atom is -0.497 e. The Balaban J connectivity index is 1.79. The number of rotatable bonds is 8. The van der Waals surface area contributed by atoms with E-state index in [1.807, 2.05) is 32.0 Å². The second-order valence-corrected chi connectivity index (χ2v) is 8.23. The number of esters is 1. The summed E-state index contributed by atoms with van der Waals surface area (Å²) in [5.41, 5.74) is 2.58. The van der Waals surface area contributed by atoms with Crippen LogP contribution in [-0.4, -0.2) is 50.1 Å². The molecule has 178 valence electrons. The van der Waals surface area contributed by atoms with Crippen LogP contribution in [0.15, 0.2) is 48.7 Å². The van der Waals surface area contributed by atoms with E-state index in [4.69, 9.17) is 14.2 Å². The molecule has 3 aromatic rings. The number of pyridine rings is 1. The first-order valence-corrected chi connectivity index (χ1v) is 11.7. The molecule has 0 spiro atoms. The zero-order chi connectivity index (χ0) is 24.1. The van der Waals surface area contributed by atoms with Crippen LogP contribution in [0.1, 0.15) is 42.6 Å². The van der Waals surface area contributed by atoms with Gasteiger partial charge in [-0.1, -0.05) is 0 Å². The van der Waals surface area contributed by atoms with Gasteiger partial charge in [0.05, 0.1) is 43.0 Å². The van der Waals surface area contributed by atoms with E-state index in [9.17, 15) is 9.59 Å². The maximum Gasteiger partial charge on any atom is 0.310 e. The predicted octanol–water partition coefficient (Wildman–Crippen LogP) is 4.65. The van der Waals surface area contributed by atoms with E-state index in [-0.39, 0.29) is 17.7 Å². The summed E-state index contributed by atoms with van der Waals surface area (Å²) in [5, 5.41) is 0.820. The molecule has 1 aliphatic rings. The van der Waals surface area contributed by atoms with Gasteiger partial charge in [0.2, 0.25) is 0 Å². The normalized spacial score (nSPS) is 15.7. The van der Waals surface area contributed by atoms with Gasteiger partial charge < -0.3 is 19.1 Å². The third-order valence-corrected chi connectivity index (χ3v) is 6.08. The standard InChI is InChI=1S/C27H30N2O5/c1-4-33-20-10-8-18(9-11-20)26(30)23-16-28-24-13-12-21(32-3)15-22(24)25(23)29-14-6-7-19(17-29)27(31)34-5-2/h8-13,15-16,19H,4-7,14,17H2,1-3H3/t19-/m1/s1. The van der Waals surface area contributed by atoms with Crippen LogP contribution in [0.4, 0.5) is 5.69 Å². The third-order valence-electron chi connectivity index (χ3n) is 6.08. The molecule has 1 saturated heterocycles. The second-order valence-electron chi connectivity index (χ2n) is 8.23. The van der Waals surface area contributed by atoms with Gasteiger partial charge in [0.15, 0.2) is 5.78 Å². The molecule has 0 bridgehead atoms. The molecule has 0 unspecified atom stereocenters. The Bertz CT molecular complexity index is 1180. The van der Waals surface area contributed by atoms with Gasteiger partial charge in [-0.05, 0) is 69.2 Å².